The van der Waals surface area contributed by atoms with Gasteiger partial charge < -0.3 is 9.47 Å². The maximum absolute atomic E-state index is 5.85. The molecular formula is C15H20N3O2+. The van der Waals surface area contributed by atoms with Crippen LogP contribution in [-0.4, -0.2) is 18.3 Å². The van der Waals surface area contributed by atoms with Gasteiger partial charge in [0.25, 0.3) is 0 Å². The largest absolute Gasteiger partial charge is 0.493 e. The summed E-state index contributed by atoms with van der Waals surface area (Å²) in [6.45, 7) is 4.84. The molecule has 1 heterocycles. The van der Waals surface area contributed by atoms with E-state index in [4.69, 9.17) is 9.47 Å². The van der Waals surface area contributed by atoms with Crippen molar-refractivity contribution >= 4 is 5.95 Å². The first kappa shape index (κ1) is 14.1. The van der Waals surface area contributed by atoms with Crippen molar-refractivity contribution in [3.63, 3.8) is 0 Å². The topological polar surface area (TPSA) is 47.3 Å². The van der Waals surface area contributed by atoms with E-state index in [2.05, 4.69) is 17.2 Å². The van der Waals surface area contributed by atoms with E-state index in [1.165, 1.54) is 0 Å². The van der Waals surface area contributed by atoms with E-state index in [1.54, 1.807) is 13.3 Å². The lowest BCUT2D eigenvalue weighted by molar-refractivity contribution is -0.682. The van der Waals surface area contributed by atoms with Gasteiger partial charge in [-0.2, -0.15) is 0 Å². The average molecular weight is 274 g/mol. The lowest BCUT2D eigenvalue weighted by Crippen LogP contribution is -2.39. The molecule has 2 rings (SSSR count). The Kier molecular flexibility index (Phi) is 4.76. The molecule has 1 aromatic heterocycles. The number of nitrogens with zero attached hydrogens (tertiary/aromatic N) is 2. The van der Waals surface area contributed by atoms with Crippen LogP contribution in [0, 0.1) is 0 Å². The monoisotopic (exact) mass is 274 g/mol. The highest BCUT2D eigenvalue weighted by Gasteiger charge is 2.15. The molecule has 0 aliphatic heterocycles. The second-order valence-electron chi connectivity index (χ2n) is 4.28. The number of para-hydroxylation sites is 2. The van der Waals surface area contributed by atoms with Crippen molar-refractivity contribution in [3.05, 3.63) is 42.7 Å². The number of ether oxygens (including phenoxy) is 2. The standard InChI is InChI=1S/C15H19N3O2/c1-4-18-11-7-10-16-15(18)17-12(2)20-14-9-6-5-8-13(14)19-3/h5-12H,4H2,1-3H3/p+1. The van der Waals surface area contributed by atoms with E-state index >= 15 is 0 Å². The first-order chi connectivity index (χ1) is 9.74. The molecular weight excluding hydrogens is 254 g/mol. The van der Waals surface area contributed by atoms with Crippen LogP contribution in [0.4, 0.5) is 5.95 Å². The van der Waals surface area contributed by atoms with Gasteiger partial charge in [0, 0.05) is 13.0 Å². The van der Waals surface area contributed by atoms with Crippen LogP contribution in [0.15, 0.2) is 42.7 Å². The van der Waals surface area contributed by atoms with Crippen LogP contribution in [0.1, 0.15) is 13.8 Å². The minimum atomic E-state index is -0.223. The Morgan fingerprint density at radius 1 is 1.25 bits per heavy atom. The minimum Gasteiger partial charge on any atom is -0.493 e. The Morgan fingerprint density at radius 3 is 2.70 bits per heavy atom. The molecule has 0 radical (unpaired) electrons. The van der Waals surface area contributed by atoms with Crippen LogP contribution in [0.25, 0.3) is 0 Å². The number of methoxy groups -OCH3 is 1. The molecule has 0 aliphatic rings. The highest BCUT2D eigenvalue weighted by Crippen LogP contribution is 2.26. The van der Waals surface area contributed by atoms with Crippen molar-refractivity contribution in [1.29, 1.82) is 0 Å². The number of aromatic nitrogens is 2. The maximum atomic E-state index is 5.85. The van der Waals surface area contributed by atoms with E-state index in [0.717, 1.165) is 12.5 Å². The van der Waals surface area contributed by atoms with Crippen LogP contribution in [-0.2, 0) is 6.54 Å². The molecule has 0 aliphatic carbocycles. The molecule has 2 aromatic rings. The summed E-state index contributed by atoms with van der Waals surface area (Å²) in [7, 11) is 1.63. The van der Waals surface area contributed by atoms with Crippen molar-refractivity contribution < 1.29 is 14.0 Å². The van der Waals surface area contributed by atoms with Crippen LogP contribution < -0.4 is 19.4 Å². The first-order valence-corrected chi connectivity index (χ1v) is 6.65. The Labute approximate surface area is 119 Å². The molecule has 1 aromatic carbocycles. The molecule has 20 heavy (non-hydrogen) atoms. The fraction of sp³-hybridized carbons (Fsp3) is 0.333. The zero-order chi connectivity index (χ0) is 14.4. The summed E-state index contributed by atoms with van der Waals surface area (Å²) in [6.07, 6.45) is 3.51. The van der Waals surface area contributed by atoms with Crippen molar-refractivity contribution in [2.75, 3.05) is 12.4 Å². The zero-order valence-corrected chi connectivity index (χ0v) is 12.0. The van der Waals surface area contributed by atoms with Crippen LogP contribution in [0.2, 0.25) is 0 Å². The van der Waals surface area contributed by atoms with Crippen LogP contribution >= 0.6 is 0 Å². The SMILES string of the molecule is CC[n+]1cccnc1NC(C)Oc1ccccc1OC. The van der Waals surface area contributed by atoms with Gasteiger partial charge in [0.15, 0.2) is 11.5 Å². The van der Waals surface area contributed by atoms with Crippen LogP contribution in [0.5, 0.6) is 11.5 Å². The van der Waals surface area contributed by atoms with Gasteiger partial charge in [0.05, 0.1) is 19.9 Å². The first-order valence-electron chi connectivity index (χ1n) is 6.65. The Bertz CT molecular complexity index is 511. The van der Waals surface area contributed by atoms with Crippen LogP contribution in [0.3, 0.4) is 0 Å². The number of hydrogen-bond donors (Lipinski definition) is 1. The van der Waals surface area contributed by atoms with E-state index in [-0.39, 0.29) is 6.23 Å². The highest BCUT2D eigenvalue weighted by molar-refractivity contribution is 5.39. The summed E-state index contributed by atoms with van der Waals surface area (Å²) in [5.41, 5.74) is 0. The van der Waals surface area contributed by atoms with Gasteiger partial charge in [0.2, 0.25) is 6.23 Å². The second kappa shape index (κ2) is 6.75. The van der Waals surface area contributed by atoms with Crippen molar-refractivity contribution in [2.24, 2.45) is 0 Å². The van der Waals surface area contributed by atoms with Gasteiger partial charge in [-0.1, -0.05) is 17.1 Å². The predicted octanol–water partition coefficient (Wildman–Crippen LogP) is 2.23. The lowest BCUT2D eigenvalue weighted by atomic mass is 10.3. The smallest absolute Gasteiger partial charge is 0.394 e. The number of nitrogens with one attached hydrogen (secondary N) is 1. The maximum Gasteiger partial charge on any atom is 0.394 e. The normalized spacial score (nSPS) is 11.8. The number of rotatable bonds is 6. The molecule has 0 bridgehead atoms. The van der Waals surface area contributed by atoms with Gasteiger partial charge in [-0.3, -0.25) is 0 Å². The van der Waals surface area contributed by atoms with Crippen molar-refractivity contribution in [2.45, 2.75) is 26.6 Å². The molecule has 0 saturated heterocycles. The average Bonchev–Trinajstić information content (AvgIpc) is 2.48. The molecule has 106 valence electrons. The molecule has 0 spiro atoms. The van der Waals surface area contributed by atoms with Crippen molar-refractivity contribution in [3.8, 4) is 11.5 Å². The molecule has 5 heteroatoms. The quantitative estimate of drug-likeness (QED) is 0.648. The number of benzene rings is 1. The van der Waals surface area contributed by atoms with Crippen molar-refractivity contribution in [1.82, 2.24) is 4.98 Å². The Hall–Kier alpha value is -2.30. The van der Waals surface area contributed by atoms with Gasteiger partial charge in [-0.15, -0.1) is 0 Å². The molecule has 0 saturated carbocycles. The molecule has 0 fully saturated rings. The van der Waals surface area contributed by atoms with E-state index < -0.39 is 0 Å². The third-order valence-electron chi connectivity index (χ3n) is 2.87. The Balaban J connectivity index is 2.07. The molecule has 1 atom stereocenters. The van der Waals surface area contributed by atoms with E-state index in [1.807, 2.05) is 48.0 Å². The van der Waals surface area contributed by atoms with Gasteiger partial charge in [0.1, 0.15) is 6.20 Å². The Morgan fingerprint density at radius 2 is 2.00 bits per heavy atom. The molecule has 0 amide bonds. The molecule has 1 unspecified atom stereocenters. The fourth-order valence-electron chi connectivity index (χ4n) is 1.89. The summed E-state index contributed by atoms with van der Waals surface area (Å²) in [6, 6.07) is 9.48. The zero-order valence-electron chi connectivity index (χ0n) is 12.0. The summed E-state index contributed by atoms with van der Waals surface area (Å²) in [5, 5.41) is 3.24. The third-order valence-corrected chi connectivity index (χ3v) is 2.87. The lowest BCUT2D eigenvalue weighted by Gasteiger charge is -2.15. The van der Waals surface area contributed by atoms with E-state index in [9.17, 15) is 0 Å². The molecule has 5 nitrogen and oxygen atoms in total. The third kappa shape index (κ3) is 3.38. The van der Waals surface area contributed by atoms with Gasteiger partial charge in [-0.05, 0) is 19.1 Å². The summed E-state index contributed by atoms with van der Waals surface area (Å²) in [4.78, 5) is 4.31. The predicted molar refractivity (Wildman–Crippen MR) is 76.8 cm³/mol. The summed E-state index contributed by atoms with van der Waals surface area (Å²) < 4.78 is 13.1. The molecule has 1 N–H and O–H groups in total. The number of hydrogen-bond acceptors (Lipinski definition) is 4. The van der Waals surface area contributed by atoms with E-state index in [0.29, 0.717) is 11.5 Å². The number of anilines is 1. The number of aryl methyl sites for hydroxylation is 1. The highest BCUT2D eigenvalue weighted by atomic mass is 16.5. The minimum absolute atomic E-state index is 0.223. The van der Waals surface area contributed by atoms with Gasteiger partial charge in [-0.25, -0.2) is 9.88 Å². The second-order valence-corrected chi connectivity index (χ2v) is 4.28. The summed E-state index contributed by atoms with van der Waals surface area (Å²) >= 11 is 0. The van der Waals surface area contributed by atoms with Gasteiger partial charge >= 0.3 is 5.95 Å². The summed E-state index contributed by atoms with van der Waals surface area (Å²) in [5.74, 6) is 2.19. The fourth-order valence-corrected chi connectivity index (χ4v) is 1.89.